The number of aryl methyl sites for hydroxylation is 1. The monoisotopic (exact) mass is 387 g/mol. The molecule has 0 aliphatic carbocycles. The highest BCUT2D eigenvalue weighted by Crippen LogP contribution is 2.20. The summed E-state index contributed by atoms with van der Waals surface area (Å²) >= 11 is 6.03. The van der Waals surface area contributed by atoms with E-state index in [4.69, 9.17) is 11.6 Å². The predicted octanol–water partition coefficient (Wildman–Crippen LogP) is 2.94. The number of anilines is 1. The lowest BCUT2D eigenvalue weighted by atomic mass is 10.2. The number of nitrogens with one attached hydrogen (secondary N) is 2. The van der Waals surface area contributed by atoms with Crippen molar-refractivity contribution in [1.29, 1.82) is 0 Å². The molecular formula is C19H15ClFN3O3. The minimum Gasteiger partial charge on any atom is -0.322 e. The van der Waals surface area contributed by atoms with Crippen LogP contribution in [0.3, 0.4) is 0 Å². The molecule has 0 aliphatic rings. The molecule has 0 bridgehead atoms. The van der Waals surface area contributed by atoms with Crippen LogP contribution in [0.4, 0.5) is 10.1 Å². The second-order valence-corrected chi connectivity index (χ2v) is 6.32. The molecule has 6 nitrogen and oxygen atoms in total. The fourth-order valence-electron chi connectivity index (χ4n) is 2.48. The van der Waals surface area contributed by atoms with Gasteiger partial charge in [0.15, 0.2) is 0 Å². The zero-order chi connectivity index (χ0) is 19.6. The number of benzene rings is 2. The molecule has 27 heavy (non-hydrogen) atoms. The zero-order valence-electron chi connectivity index (χ0n) is 14.3. The van der Waals surface area contributed by atoms with Crippen LogP contribution in [0.15, 0.2) is 58.3 Å². The molecule has 0 radical (unpaired) electrons. The maximum Gasteiger partial charge on any atom is 0.328 e. The van der Waals surface area contributed by atoms with Crippen molar-refractivity contribution in [3.63, 3.8) is 0 Å². The molecule has 0 spiro atoms. The van der Waals surface area contributed by atoms with E-state index in [1.807, 2.05) is 6.92 Å². The number of amides is 1. The number of carbonyl (C=O) groups excluding carboxylic acids is 1. The van der Waals surface area contributed by atoms with Gasteiger partial charge >= 0.3 is 5.69 Å². The molecule has 0 fully saturated rings. The highest BCUT2D eigenvalue weighted by atomic mass is 35.5. The van der Waals surface area contributed by atoms with Gasteiger partial charge in [-0.3, -0.25) is 14.2 Å². The summed E-state index contributed by atoms with van der Waals surface area (Å²) in [5, 5.41) is 3.02. The first-order valence-corrected chi connectivity index (χ1v) is 8.38. The van der Waals surface area contributed by atoms with Crippen LogP contribution in [0.25, 0.3) is 0 Å². The van der Waals surface area contributed by atoms with E-state index in [9.17, 15) is 18.8 Å². The average molecular weight is 388 g/mol. The molecule has 2 aromatic carbocycles. The number of nitrogens with zero attached hydrogens (tertiary/aromatic N) is 1. The molecule has 0 unspecified atom stereocenters. The topological polar surface area (TPSA) is 84.0 Å². The molecule has 138 valence electrons. The Balaban J connectivity index is 1.93. The summed E-state index contributed by atoms with van der Waals surface area (Å²) < 4.78 is 14.6. The third-order valence-electron chi connectivity index (χ3n) is 4.02. The quantitative estimate of drug-likeness (QED) is 0.722. The van der Waals surface area contributed by atoms with E-state index in [2.05, 4.69) is 10.3 Å². The number of hydrogen-bond donors (Lipinski definition) is 2. The zero-order valence-corrected chi connectivity index (χ0v) is 15.0. The van der Waals surface area contributed by atoms with Crippen molar-refractivity contribution >= 4 is 23.2 Å². The highest BCUT2D eigenvalue weighted by Gasteiger charge is 2.16. The van der Waals surface area contributed by atoms with Crippen molar-refractivity contribution < 1.29 is 9.18 Å². The van der Waals surface area contributed by atoms with Gasteiger partial charge in [-0.05, 0) is 30.7 Å². The maximum absolute atomic E-state index is 13.8. The third kappa shape index (κ3) is 3.98. The van der Waals surface area contributed by atoms with E-state index in [0.29, 0.717) is 10.7 Å². The van der Waals surface area contributed by atoms with Gasteiger partial charge in [0, 0.05) is 22.5 Å². The lowest BCUT2D eigenvalue weighted by molar-refractivity contribution is 0.102. The Bertz CT molecular complexity index is 1140. The van der Waals surface area contributed by atoms with Crippen LogP contribution >= 0.6 is 11.6 Å². The van der Waals surface area contributed by atoms with Gasteiger partial charge in [-0.15, -0.1) is 0 Å². The summed E-state index contributed by atoms with van der Waals surface area (Å²) in [6.07, 6.45) is 1.04. The Kier molecular flexibility index (Phi) is 5.23. The fourth-order valence-corrected chi connectivity index (χ4v) is 2.66. The van der Waals surface area contributed by atoms with Gasteiger partial charge in [-0.1, -0.05) is 35.9 Å². The predicted molar refractivity (Wildman–Crippen MR) is 101 cm³/mol. The minimum absolute atomic E-state index is 0.160. The van der Waals surface area contributed by atoms with Gasteiger partial charge in [-0.2, -0.15) is 0 Å². The van der Waals surface area contributed by atoms with Gasteiger partial charge in [0.25, 0.3) is 11.5 Å². The van der Waals surface area contributed by atoms with Gasteiger partial charge in [-0.25, -0.2) is 9.18 Å². The number of rotatable bonds is 4. The Morgan fingerprint density at radius 1 is 1.22 bits per heavy atom. The number of carbonyl (C=O) groups is 1. The first-order valence-electron chi connectivity index (χ1n) is 8.00. The van der Waals surface area contributed by atoms with Crippen LogP contribution in [0.2, 0.25) is 5.02 Å². The van der Waals surface area contributed by atoms with Crippen LogP contribution in [0.1, 0.15) is 21.5 Å². The van der Waals surface area contributed by atoms with Crippen LogP contribution in [0, 0.1) is 12.7 Å². The second kappa shape index (κ2) is 7.59. The number of halogens is 2. The van der Waals surface area contributed by atoms with Crippen molar-refractivity contribution in [1.82, 2.24) is 9.55 Å². The Morgan fingerprint density at radius 3 is 2.67 bits per heavy atom. The molecule has 1 amide bonds. The molecule has 1 aromatic heterocycles. The molecule has 8 heteroatoms. The normalized spacial score (nSPS) is 10.6. The molecule has 0 atom stereocenters. The smallest absolute Gasteiger partial charge is 0.322 e. The van der Waals surface area contributed by atoms with E-state index in [0.717, 1.165) is 16.3 Å². The number of H-pyrrole nitrogens is 1. The molecular weight excluding hydrogens is 373 g/mol. The summed E-state index contributed by atoms with van der Waals surface area (Å²) in [6, 6.07) is 10.7. The van der Waals surface area contributed by atoms with Crippen molar-refractivity contribution in [2.75, 3.05) is 5.32 Å². The summed E-state index contributed by atoms with van der Waals surface area (Å²) in [6.45, 7) is 1.52. The van der Waals surface area contributed by atoms with Gasteiger partial charge in [0.1, 0.15) is 11.4 Å². The first kappa shape index (κ1) is 18.6. The van der Waals surface area contributed by atoms with Crippen molar-refractivity contribution in [3.05, 3.63) is 97.0 Å². The Hall–Kier alpha value is -3.19. The Labute approximate surface area is 158 Å². The van der Waals surface area contributed by atoms with Crippen LogP contribution in [0.5, 0.6) is 0 Å². The molecule has 0 saturated heterocycles. The molecule has 3 aromatic rings. The molecule has 0 aliphatic heterocycles. The molecule has 3 rings (SSSR count). The largest absolute Gasteiger partial charge is 0.328 e. The number of aromatic nitrogens is 2. The van der Waals surface area contributed by atoms with Crippen LogP contribution in [-0.2, 0) is 6.54 Å². The molecule has 0 saturated carbocycles. The summed E-state index contributed by atoms with van der Waals surface area (Å²) in [7, 11) is 0. The Morgan fingerprint density at radius 2 is 1.96 bits per heavy atom. The van der Waals surface area contributed by atoms with Crippen LogP contribution < -0.4 is 16.6 Å². The highest BCUT2D eigenvalue weighted by molar-refractivity contribution is 6.31. The number of aromatic amines is 1. The lowest BCUT2D eigenvalue weighted by Gasteiger charge is -2.09. The van der Waals surface area contributed by atoms with Gasteiger partial charge in [0.2, 0.25) is 0 Å². The second-order valence-electron chi connectivity index (χ2n) is 5.91. The summed E-state index contributed by atoms with van der Waals surface area (Å²) in [5.74, 6) is -1.26. The maximum atomic E-state index is 13.8. The van der Waals surface area contributed by atoms with E-state index >= 15 is 0 Å². The standard InChI is InChI=1S/C19H15ClFN3O3/c1-11-6-7-13(8-15(11)20)23-17(25)14-9-22-19(27)24(18(14)26)10-12-4-2-3-5-16(12)21/h2-9H,10H2,1H3,(H,22,27)(H,23,25). The SMILES string of the molecule is Cc1ccc(NC(=O)c2c[nH]c(=O)n(Cc3ccccc3F)c2=O)cc1Cl. The summed E-state index contributed by atoms with van der Waals surface area (Å²) in [4.78, 5) is 39.4. The van der Waals surface area contributed by atoms with Gasteiger partial charge in [0.05, 0.1) is 6.54 Å². The van der Waals surface area contributed by atoms with E-state index in [1.54, 1.807) is 24.3 Å². The third-order valence-corrected chi connectivity index (χ3v) is 4.43. The van der Waals surface area contributed by atoms with Crippen molar-refractivity contribution in [2.24, 2.45) is 0 Å². The van der Waals surface area contributed by atoms with E-state index in [1.165, 1.54) is 18.2 Å². The summed E-state index contributed by atoms with van der Waals surface area (Å²) in [5.41, 5.74) is -0.431. The lowest BCUT2D eigenvalue weighted by Crippen LogP contribution is -2.39. The molecule has 2 N–H and O–H groups in total. The van der Waals surface area contributed by atoms with Crippen molar-refractivity contribution in [3.8, 4) is 0 Å². The van der Waals surface area contributed by atoms with Crippen molar-refractivity contribution in [2.45, 2.75) is 13.5 Å². The van der Waals surface area contributed by atoms with E-state index < -0.39 is 23.0 Å². The van der Waals surface area contributed by atoms with E-state index in [-0.39, 0.29) is 17.7 Å². The van der Waals surface area contributed by atoms with Crippen LogP contribution in [-0.4, -0.2) is 15.5 Å². The fraction of sp³-hybridized carbons (Fsp3) is 0.105. The first-order chi connectivity index (χ1) is 12.9. The minimum atomic E-state index is -0.822. The van der Waals surface area contributed by atoms with Gasteiger partial charge < -0.3 is 10.3 Å². The average Bonchev–Trinajstić information content (AvgIpc) is 2.63. The number of hydrogen-bond acceptors (Lipinski definition) is 3. The molecule has 1 heterocycles.